The number of carbonyl (C=O) groups is 8. The SMILES string of the molecule is C=C(C)C(=O)OCCOCCNC(=O)C(CC(C)C)N1C(=O)c2cc(Oc3ccc(C)cc3)c3c4c(Oc5ccc(C)cc5)cc5c6c(cc(Oc7ccc(C)cc7)c(c7c(Oc8ccc(C)cc8)cc(c2c37)C1=O)c64)C(=O)N(C(CC(C)C)C(=O)NCCOCOC(=O)C(=C)C)C5=O. The number of hydrogen-bond donors (Lipinski definition) is 2. The van der Waals surface area contributed by atoms with Crippen LogP contribution in [0.1, 0.15) is 118 Å². The fourth-order valence-corrected chi connectivity index (χ4v) is 12.3. The van der Waals surface area contributed by atoms with Gasteiger partial charge in [-0.25, -0.2) is 9.59 Å². The van der Waals surface area contributed by atoms with Crippen LogP contribution in [0.5, 0.6) is 46.0 Å². The summed E-state index contributed by atoms with van der Waals surface area (Å²) in [5.41, 5.74) is 4.06. The molecule has 2 atom stereocenters. The second-order valence-corrected chi connectivity index (χ2v) is 25.9. The molecular weight excluding hydrogens is 1260 g/mol. The molecule has 99 heavy (non-hydrogen) atoms. The Morgan fingerprint density at radius 3 is 0.980 bits per heavy atom. The molecule has 0 radical (unpaired) electrons. The molecule has 2 aliphatic rings. The summed E-state index contributed by atoms with van der Waals surface area (Å²) in [6.45, 7) is 24.8. The number of nitrogens with one attached hydrogen (secondary N) is 2. The monoisotopic (exact) mass is 1340 g/mol. The Morgan fingerprint density at radius 2 is 0.687 bits per heavy atom. The van der Waals surface area contributed by atoms with Crippen LogP contribution in [0.15, 0.2) is 146 Å². The molecule has 0 spiro atoms. The van der Waals surface area contributed by atoms with E-state index < -0.39 is 66.3 Å². The van der Waals surface area contributed by atoms with Gasteiger partial charge in [-0.05, 0) is 139 Å². The molecule has 9 aromatic rings. The van der Waals surface area contributed by atoms with Crippen molar-refractivity contribution in [2.45, 2.75) is 94.2 Å². The summed E-state index contributed by atoms with van der Waals surface area (Å²) in [6.07, 6.45) is 0.0934. The highest BCUT2D eigenvalue weighted by Gasteiger charge is 2.46. The van der Waals surface area contributed by atoms with E-state index in [1.165, 1.54) is 13.8 Å². The van der Waals surface area contributed by atoms with Crippen LogP contribution in [0, 0.1) is 39.5 Å². The van der Waals surface area contributed by atoms with Crippen molar-refractivity contribution in [2.75, 3.05) is 46.3 Å². The Hall–Kier alpha value is -11.0. The van der Waals surface area contributed by atoms with E-state index in [4.69, 9.17) is 37.9 Å². The van der Waals surface area contributed by atoms with Crippen LogP contribution in [0.4, 0.5) is 0 Å². The van der Waals surface area contributed by atoms with Crippen molar-refractivity contribution in [1.29, 1.82) is 0 Å². The first-order chi connectivity index (χ1) is 47.4. The number of carbonyl (C=O) groups excluding carboxylic acids is 8. The number of nitrogens with zero attached hydrogens (tertiary/aromatic N) is 2. The zero-order valence-electron chi connectivity index (χ0n) is 57.1. The first-order valence-electron chi connectivity index (χ1n) is 32.8. The van der Waals surface area contributed by atoms with Crippen LogP contribution in [0.3, 0.4) is 0 Å². The average Bonchev–Trinajstić information content (AvgIpc) is 0.672. The molecule has 11 rings (SSSR count). The van der Waals surface area contributed by atoms with Crippen molar-refractivity contribution in [1.82, 2.24) is 20.4 Å². The Bertz CT molecular complexity index is 4490. The van der Waals surface area contributed by atoms with Crippen LogP contribution >= 0.6 is 0 Å². The number of rotatable bonds is 29. The van der Waals surface area contributed by atoms with Gasteiger partial charge in [0.1, 0.15) is 64.7 Å². The third-order valence-corrected chi connectivity index (χ3v) is 17.1. The highest BCUT2D eigenvalue weighted by atomic mass is 16.7. The van der Waals surface area contributed by atoms with Gasteiger partial charge >= 0.3 is 11.9 Å². The number of fused-ring (bicyclic) bond motifs is 2. The lowest BCUT2D eigenvalue weighted by Crippen LogP contribution is -2.54. The van der Waals surface area contributed by atoms with Crippen LogP contribution in [0.25, 0.3) is 43.1 Å². The molecule has 0 bridgehead atoms. The molecule has 510 valence electrons. The van der Waals surface area contributed by atoms with E-state index in [-0.39, 0.29) is 164 Å². The molecule has 9 aromatic carbocycles. The fourth-order valence-electron chi connectivity index (χ4n) is 12.3. The van der Waals surface area contributed by atoms with Crippen molar-refractivity contribution < 1.29 is 76.3 Å². The zero-order valence-corrected chi connectivity index (χ0v) is 57.1. The molecule has 2 aliphatic heterocycles. The first-order valence-corrected chi connectivity index (χ1v) is 32.8. The second kappa shape index (κ2) is 29.4. The summed E-state index contributed by atoms with van der Waals surface area (Å²) in [7, 11) is 0. The highest BCUT2D eigenvalue weighted by molar-refractivity contribution is 6.45. The van der Waals surface area contributed by atoms with Gasteiger partial charge in [0, 0.05) is 67.3 Å². The van der Waals surface area contributed by atoms with E-state index in [9.17, 15) is 19.2 Å². The lowest BCUT2D eigenvalue weighted by atomic mass is 9.80. The lowest BCUT2D eigenvalue weighted by molar-refractivity contribution is -0.151. The van der Waals surface area contributed by atoms with Gasteiger partial charge < -0.3 is 48.5 Å². The van der Waals surface area contributed by atoms with E-state index in [0.29, 0.717) is 23.0 Å². The summed E-state index contributed by atoms with van der Waals surface area (Å²) in [6, 6.07) is 32.5. The quantitative estimate of drug-likeness (QED) is 0.00842. The molecule has 0 saturated heterocycles. The minimum Gasteiger partial charge on any atom is -0.460 e. The molecule has 0 saturated carbocycles. The number of hydrogen-bond acceptors (Lipinski definition) is 16. The van der Waals surface area contributed by atoms with E-state index in [1.54, 1.807) is 72.8 Å². The number of benzene rings is 9. The third kappa shape index (κ3) is 14.5. The van der Waals surface area contributed by atoms with E-state index in [1.807, 2.05) is 104 Å². The van der Waals surface area contributed by atoms with Crippen molar-refractivity contribution in [2.24, 2.45) is 11.8 Å². The van der Waals surface area contributed by atoms with Gasteiger partial charge in [0.25, 0.3) is 23.6 Å². The first kappa shape index (κ1) is 69.4. The topological polar surface area (TPSA) is 241 Å². The predicted molar refractivity (Wildman–Crippen MR) is 374 cm³/mol. The van der Waals surface area contributed by atoms with Crippen molar-refractivity contribution in [3.8, 4) is 46.0 Å². The predicted octanol–water partition coefficient (Wildman–Crippen LogP) is 14.6. The molecule has 0 fully saturated rings. The Morgan fingerprint density at radius 1 is 0.394 bits per heavy atom. The van der Waals surface area contributed by atoms with E-state index >= 15 is 19.2 Å². The van der Waals surface area contributed by atoms with Gasteiger partial charge in [0.15, 0.2) is 6.79 Å². The molecular formula is C79H78N4O16. The van der Waals surface area contributed by atoms with Crippen LogP contribution in [0.2, 0.25) is 0 Å². The molecule has 20 heteroatoms. The number of imide groups is 2. The number of amides is 6. The van der Waals surface area contributed by atoms with Gasteiger partial charge in [-0.3, -0.25) is 38.6 Å². The maximum absolute atomic E-state index is 16.1. The highest BCUT2D eigenvalue weighted by Crippen LogP contribution is 2.58. The Balaban J connectivity index is 1.20. The normalized spacial score (nSPS) is 13.4. The second-order valence-electron chi connectivity index (χ2n) is 25.9. The maximum Gasteiger partial charge on any atom is 0.335 e. The number of ether oxygens (including phenoxy) is 8. The summed E-state index contributed by atoms with van der Waals surface area (Å²) in [5.74, 6) is -4.56. The van der Waals surface area contributed by atoms with Crippen LogP contribution in [-0.4, -0.2) is 116 Å². The van der Waals surface area contributed by atoms with E-state index in [0.717, 1.165) is 32.1 Å². The molecule has 20 nitrogen and oxygen atoms in total. The van der Waals surface area contributed by atoms with Crippen LogP contribution in [-0.2, 0) is 38.1 Å². The summed E-state index contributed by atoms with van der Waals surface area (Å²) >= 11 is 0. The van der Waals surface area contributed by atoms with Gasteiger partial charge in [-0.15, -0.1) is 0 Å². The molecule has 0 aliphatic carbocycles. The Kier molecular flexibility index (Phi) is 20.6. The molecule has 2 N–H and O–H groups in total. The standard InChI is InChI=1S/C79H78N4O16/c1-42(2)35-58(72(84)80-29-31-92-33-34-94-78(90)44(5)6)82-74(86)54-37-60(96-50-21-13-46(9)14-22-50)66-68-62(98-52-25-17-48(11)18-26-52)39-56-65-57(77(89)83(76(56)88)59(36-43(3)4)73(85)81-30-32-93-41-95-79(91)45(7)8)40-63(99-53-27-19-49(12)20-28-53)69(71(65)68)67-61(97-51-23-15-47(10)16-24-51)38-55(75(82)87)64(54)70(66)67/h13-28,37-40,42-43,58-59H,5,7,29-36,41H2,1-4,6,8-12H3,(H,80,84)(H,81,85). The summed E-state index contributed by atoms with van der Waals surface area (Å²) in [5, 5.41) is 7.68. The molecule has 0 aromatic heterocycles. The largest absolute Gasteiger partial charge is 0.460 e. The van der Waals surface area contributed by atoms with Gasteiger partial charge in [-0.1, -0.05) is 112 Å². The van der Waals surface area contributed by atoms with Gasteiger partial charge in [0.05, 0.1) is 42.1 Å². The van der Waals surface area contributed by atoms with Gasteiger partial charge in [0.2, 0.25) is 11.8 Å². The van der Waals surface area contributed by atoms with E-state index in [2.05, 4.69) is 23.8 Å². The maximum atomic E-state index is 16.1. The smallest absolute Gasteiger partial charge is 0.335 e. The van der Waals surface area contributed by atoms with Crippen molar-refractivity contribution in [3.63, 3.8) is 0 Å². The van der Waals surface area contributed by atoms with Crippen LogP contribution < -0.4 is 29.6 Å². The molecule has 6 amide bonds. The minimum atomic E-state index is -1.38. The molecule has 2 unspecified atom stereocenters. The summed E-state index contributed by atoms with van der Waals surface area (Å²) in [4.78, 5) is 120. The van der Waals surface area contributed by atoms with Crippen molar-refractivity contribution >= 4 is 90.5 Å². The lowest BCUT2D eigenvalue weighted by Gasteiger charge is -2.36. The number of esters is 2. The minimum absolute atomic E-state index is 0.00732. The van der Waals surface area contributed by atoms with Crippen molar-refractivity contribution in [3.05, 3.63) is 190 Å². The Labute approximate surface area is 573 Å². The van der Waals surface area contributed by atoms with Gasteiger partial charge in [-0.2, -0.15) is 0 Å². The number of aryl methyl sites for hydroxylation is 4. The zero-order chi connectivity index (χ0) is 70.7. The third-order valence-electron chi connectivity index (χ3n) is 17.1. The summed E-state index contributed by atoms with van der Waals surface area (Å²) < 4.78 is 49.9. The average molecular weight is 1340 g/mol. The fraction of sp³-hybridized carbons (Fsp3) is 0.291. The molecule has 2 heterocycles.